The van der Waals surface area contributed by atoms with E-state index < -0.39 is 0 Å². The Morgan fingerprint density at radius 1 is 1.16 bits per heavy atom. The van der Waals surface area contributed by atoms with Crippen molar-refractivity contribution in [1.82, 2.24) is 0 Å². The van der Waals surface area contributed by atoms with Gasteiger partial charge in [0.25, 0.3) is 5.91 Å². The number of hydrogen-bond donors (Lipinski definition) is 1. The van der Waals surface area contributed by atoms with Crippen LogP contribution in [0.15, 0.2) is 53.4 Å². The number of benzene rings is 2. The second-order valence-corrected chi connectivity index (χ2v) is 5.12. The van der Waals surface area contributed by atoms with Crippen molar-refractivity contribution in [2.75, 3.05) is 11.6 Å². The zero-order valence-corrected chi connectivity index (χ0v) is 12.1. The Labute approximate surface area is 122 Å². The molecular formula is C15H14ClNOS. The number of carbonyl (C=O) groups is 1. The van der Waals surface area contributed by atoms with Crippen LogP contribution < -0.4 is 5.32 Å². The summed E-state index contributed by atoms with van der Waals surface area (Å²) in [6.45, 7) is 0. The van der Waals surface area contributed by atoms with E-state index in [2.05, 4.69) is 5.32 Å². The summed E-state index contributed by atoms with van der Waals surface area (Å²) >= 11 is 7.50. The van der Waals surface area contributed by atoms with Gasteiger partial charge >= 0.3 is 0 Å². The maximum Gasteiger partial charge on any atom is 0.255 e. The van der Waals surface area contributed by atoms with Crippen molar-refractivity contribution in [1.29, 1.82) is 0 Å². The first kappa shape index (κ1) is 14.0. The summed E-state index contributed by atoms with van der Waals surface area (Å²) < 4.78 is 0. The highest BCUT2D eigenvalue weighted by Gasteiger charge is 2.08. The molecule has 0 fully saturated rings. The number of anilines is 1. The van der Waals surface area contributed by atoms with Crippen molar-refractivity contribution in [2.24, 2.45) is 0 Å². The lowest BCUT2D eigenvalue weighted by atomic mass is 10.1. The normalized spacial score (nSPS) is 10.2. The summed E-state index contributed by atoms with van der Waals surface area (Å²) in [4.78, 5) is 13.3. The molecule has 0 radical (unpaired) electrons. The maximum atomic E-state index is 12.1. The molecular weight excluding hydrogens is 278 g/mol. The molecule has 19 heavy (non-hydrogen) atoms. The number of thioether (sulfide) groups is 1. The smallest absolute Gasteiger partial charge is 0.255 e. The molecule has 0 saturated heterocycles. The van der Waals surface area contributed by atoms with Gasteiger partial charge in [-0.3, -0.25) is 4.79 Å². The van der Waals surface area contributed by atoms with Crippen molar-refractivity contribution in [3.8, 4) is 0 Å². The molecule has 4 heteroatoms. The topological polar surface area (TPSA) is 29.1 Å². The number of para-hydroxylation sites is 1. The highest BCUT2D eigenvalue weighted by molar-refractivity contribution is 7.98. The van der Waals surface area contributed by atoms with E-state index in [1.54, 1.807) is 11.8 Å². The molecule has 2 nitrogen and oxygen atoms in total. The Kier molecular flexibility index (Phi) is 4.88. The molecule has 1 amide bonds. The molecule has 1 N–H and O–H groups in total. The molecule has 0 unspecified atom stereocenters. The van der Waals surface area contributed by atoms with Gasteiger partial charge in [-0.25, -0.2) is 0 Å². The van der Waals surface area contributed by atoms with Crippen molar-refractivity contribution >= 4 is 35.0 Å². The van der Waals surface area contributed by atoms with E-state index in [1.165, 1.54) is 0 Å². The number of nitrogens with one attached hydrogen (secondary N) is 1. The van der Waals surface area contributed by atoms with Gasteiger partial charge in [0.15, 0.2) is 0 Å². The van der Waals surface area contributed by atoms with E-state index in [9.17, 15) is 4.79 Å². The summed E-state index contributed by atoms with van der Waals surface area (Å²) in [5.74, 6) is 0.257. The fourth-order valence-corrected chi connectivity index (χ4v) is 2.34. The molecule has 0 bridgehead atoms. The first-order valence-electron chi connectivity index (χ1n) is 5.84. The lowest BCUT2D eigenvalue weighted by Crippen LogP contribution is -2.12. The van der Waals surface area contributed by atoms with Gasteiger partial charge in [0, 0.05) is 22.0 Å². The fourth-order valence-electron chi connectivity index (χ4n) is 1.70. The van der Waals surface area contributed by atoms with E-state index in [-0.39, 0.29) is 5.91 Å². The number of halogens is 1. The third-order valence-corrected chi connectivity index (χ3v) is 3.79. The number of alkyl halides is 1. The molecule has 2 aromatic rings. The predicted octanol–water partition coefficient (Wildman–Crippen LogP) is 4.40. The van der Waals surface area contributed by atoms with E-state index in [0.717, 1.165) is 16.1 Å². The summed E-state index contributed by atoms with van der Waals surface area (Å²) in [6, 6.07) is 15.1. The van der Waals surface area contributed by atoms with Gasteiger partial charge in [-0.05, 0) is 42.2 Å². The number of rotatable bonds is 4. The van der Waals surface area contributed by atoms with Gasteiger partial charge in [-0.15, -0.1) is 23.4 Å². The standard InChI is InChI=1S/C15H14ClNOS/c1-19-13-8-6-11(7-9-13)15(18)17-14-5-3-2-4-12(14)10-16/h2-9H,10H2,1H3,(H,17,18). The van der Waals surface area contributed by atoms with E-state index in [0.29, 0.717) is 11.4 Å². The van der Waals surface area contributed by atoms with E-state index >= 15 is 0 Å². The van der Waals surface area contributed by atoms with Crippen molar-refractivity contribution in [3.63, 3.8) is 0 Å². The van der Waals surface area contributed by atoms with Crippen LogP contribution in [0.1, 0.15) is 15.9 Å². The number of hydrogen-bond acceptors (Lipinski definition) is 2. The molecule has 0 heterocycles. The Hall–Kier alpha value is -1.45. The SMILES string of the molecule is CSc1ccc(C(=O)Nc2ccccc2CCl)cc1. The van der Waals surface area contributed by atoms with Gasteiger partial charge in [-0.2, -0.15) is 0 Å². The highest BCUT2D eigenvalue weighted by atomic mass is 35.5. The first-order chi connectivity index (χ1) is 9.24. The quantitative estimate of drug-likeness (QED) is 0.668. The molecule has 0 spiro atoms. The van der Waals surface area contributed by atoms with Crippen molar-refractivity contribution in [3.05, 3.63) is 59.7 Å². The minimum Gasteiger partial charge on any atom is -0.322 e. The van der Waals surface area contributed by atoms with Crippen LogP contribution in [-0.4, -0.2) is 12.2 Å². The van der Waals surface area contributed by atoms with E-state index in [1.807, 2.05) is 54.8 Å². The van der Waals surface area contributed by atoms with Crippen LogP contribution in [0.4, 0.5) is 5.69 Å². The fraction of sp³-hybridized carbons (Fsp3) is 0.133. The minimum atomic E-state index is -0.120. The Balaban J connectivity index is 2.16. The number of amides is 1. The molecule has 0 aromatic heterocycles. The Morgan fingerprint density at radius 2 is 1.84 bits per heavy atom. The summed E-state index contributed by atoms with van der Waals surface area (Å²) in [5, 5.41) is 2.89. The highest BCUT2D eigenvalue weighted by Crippen LogP contribution is 2.19. The van der Waals surface area contributed by atoms with Gasteiger partial charge < -0.3 is 5.32 Å². The monoisotopic (exact) mass is 291 g/mol. The van der Waals surface area contributed by atoms with Crippen molar-refractivity contribution < 1.29 is 4.79 Å². The molecule has 2 aromatic carbocycles. The largest absolute Gasteiger partial charge is 0.322 e. The van der Waals surface area contributed by atoms with Crippen LogP contribution in [0.3, 0.4) is 0 Å². The lowest BCUT2D eigenvalue weighted by Gasteiger charge is -2.09. The van der Waals surface area contributed by atoms with Crippen molar-refractivity contribution in [2.45, 2.75) is 10.8 Å². The molecule has 0 aliphatic rings. The minimum absolute atomic E-state index is 0.120. The van der Waals surface area contributed by atoms with Crippen LogP contribution in [-0.2, 0) is 5.88 Å². The average molecular weight is 292 g/mol. The first-order valence-corrected chi connectivity index (χ1v) is 7.60. The Morgan fingerprint density at radius 3 is 2.47 bits per heavy atom. The second kappa shape index (κ2) is 6.64. The average Bonchev–Trinajstić information content (AvgIpc) is 2.48. The molecule has 0 atom stereocenters. The summed E-state index contributed by atoms with van der Waals surface area (Å²) in [5.41, 5.74) is 2.32. The van der Waals surface area contributed by atoms with E-state index in [4.69, 9.17) is 11.6 Å². The molecule has 98 valence electrons. The zero-order chi connectivity index (χ0) is 13.7. The van der Waals surface area contributed by atoms with Gasteiger partial charge in [0.1, 0.15) is 0 Å². The zero-order valence-electron chi connectivity index (χ0n) is 10.5. The molecule has 0 aliphatic heterocycles. The number of carbonyl (C=O) groups excluding carboxylic acids is 1. The van der Waals surface area contributed by atoms with Crippen LogP contribution in [0.25, 0.3) is 0 Å². The van der Waals surface area contributed by atoms with Crippen LogP contribution in [0, 0.1) is 0 Å². The van der Waals surface area contributed by atoms with Gasteiger partial charge in [-0.1, -0.05) is 18.2 Å². The molecule has 0 saturated carbocycles. The Bertz CT molecular complexity index is 569. The van der Waals surface area contributed by atoms with Gasteiger partial charge in [0.2, 0.25) is 0 Å². The third-order valence-electron chi connectivity index (χ3n) is 2.76. The second-order valence-electron chi connectivity index (χ2n) is 3.97. The summed E-state index contributed by atoms with van der Waals surface area (Å²) in [7, 11) is 0. The van der Waals surface area contributed by atoms with Gasteiger partial charge in [0.05, 0.1) is 0 Å². The maximum absolute atomic E-state index is 12.1. The predicted molar refractivity (Wildman–Crippen MR) is 82.2 cm³/mol. The summed E-state index contributed by atoms with van der Waals surface area (Å²) in [6.07, 6.45) is 2.01. The lowest BCUT2D eigenvalue weighted by molar-refractivity contribution is 0.102. The van der Waals surface area contributed by atoms with Crippen LogP contribution in [0.5, 0.6) is 0 Å². The third kappa shape index (κ3) is 3.52. The van der Waals surface area contributed by atoms with Crippen LogP contribution in [0.2, 0.25) is 0 Å². The molecule has 0 aliphatic carbocycles. The molecule has 2 rings (SSSR count). The van der Waals surface area contributed by atoms with Crippen LogP contribution >= 0.6 is 23.4 Å².